The predicted octanol–water partition coefficient (Wildman–Crippen LogP) is 1.87. The number of alkyl halides is 3. The zero-order valence-electron chi connectivity index (χ0n) is 11.3. The molecule has 9 heteroatoms. The van der Waals surface area contributed by atoms with E-state index in [9.17, 15) is 13.2 Å². The van der Waals surface area contributed by atoms with E-state index in [2.05, 4.69) is 19.7 Å². The van der Waals surface area contributed by atoms with Gasteiger partial charge in [-0.05, 0) is 12.8 Å². The van der Waals surface area contributed by atoms with Crippen LogP contribution in [0.1, 0.15) is 12.8 Å². The first-order valence-corrected chi connectivity index (χ1v) is 6.55. The highest BCUT2D eigenvalue weighted by atomic mass is 19.4. The fourth-order valence-corrected chi connectivity index (χ4v) is 2.54. The molecule has 2 aromatic rings. The van der Waals surface area contributed by atoms with E-state index in [4.69, 9.17) is 0 Å². The van der Waals surface area contributed by atoms with E-state index in [1.807, 2.05) is 11.9 Å². The largest absolute Gasteiger partial charge is 0.522 e. The van der Waals surface area contributed by atoms with Crippen LogP contribution in [0.3, 0.4) is 0 Å². The number of rotatable bonds is 2. The molecule has 0 aromatic carbocycles. The van der Waals surface area contributed by atoms with Crippen molar-refractivity contribution in [2.45, 2.75) is 25.3 Å². The Labute approximate surface area is 118 Å². The molecule has 0 bridgehead atoms. The molecule has 0 atom stereocenters. The van der Waals surface area contributed by atoms with Crippen molar-refractivity contribution in [2.75, 3.05) is 18.0 Å². The molecule has 0 spiro atoms. The number of hydrogen-bond donors (Lipinski definition) is 0. The number of hydrogen-bond acceptors (Lipinski definition) is 5. The standard InChI is InChI=1S/C12H14F3N5O/c1-19-7-18-9-10(19)16-6-17-11(9)20-4-2-8(3-5-20)21-12(13,14)15/h6-8H,2-5H2,1H3. The summed E-state index contributed by atoms with van der Waals surface area (Å²) >= 11 is 0. The molecule has 0 amide bonds. The van der Waals surface area contributed by atoms with Gasteiger partial charge in [-0.3, -0.25) is 4.74 Å². The molecular formula is C12H14F3N5O. The SMILES string of the molecule is Cn1cnc2c(N3CCC(OC(F)(F)F)CC3)ncnc21. The topological polar surface area (TPSA) is 56.1 Å². The van der Waals surface area contributed by atoms with Crippen molar-refractivity contribution in [3.8, 4) is 0 Å². The minimum absolute atomic E-state index is 0.303. The summed E-state index contributed by atoms with van der Waals surface area (Å²) in [6.45, 7) is 0.896. The predicted molar refractivity (Wildman–Crippen MR) is 68.7 cm³/mol. The Bertz CT molecular complexity index is 633. The molecule has 0 saturated carbocycles. The fourth-order valence-electron chi connectivity index (χ4n) is 2.54. The summed E-state index contributed by atoms with van der Waals surface area (Å²) in [4.78, 5) is 14.5. The number of fused-ring (bicyclic) bond motifs is 1. The van der Waals surface area contributed by atoms with Crippen LogP contribution in [0, 0.1) is 0 Å². The number of halogens is 3. The van der Waals surface area contributed by atoms with E-state index >= 15 is 0 Å². The molecule has 2 aromatic heterocycles. The zero-order chi connectivity index (χ0) is 15.0. The maximum absolute atomic E-state index is 12.2. The molecule has 1 fully saturated rings. The molecule has 0 aliphatic carbocycles. The minimum atomic E-state index is -4.57. The third kappa shape index (κ3) is 2.92. The lowest BCUT2D eigenvalue weighted by molar-refractivity contribution is -0.344. The highest BCUT2D eigenvalue weighted by Crippen LogP contribution is 2.28. The smallest absolute Gasteiger partial charge is 0.354 e. The highest BCUT2D eigenvalue weighted by Gasteiger charge is 2.35. The molecule has 0 unspecified atom stereocenters. The Morgan fingerprint density at radius 3 is 2.57 bits per heavy atom. The second-order valence-corrected chi connectivity index (χ2v) is 4.97. The van der Waals surface area contributed by atoms with E-state index in [-0.39, 0.29) is 0 Å². The maximum Gasteiger partial charge on any atom is 0.522 e. The van der Waals surface area contributed by atoms with Gasteiger partial charge in [0.2, 0.25) is 0 Å². The average molecular weight is 301 g/mol. The van der Waals surface area contributed by atoms with Gasteiger partial charge in [0.1, 0.15) is 6.33 Å². The zero-order valence-corrected chi connectivity index (χ0v) is 11.3. The third-order valence-electron chi connectivity index (χ3n) is 3.52. The van der Waals surface area contributed by atoms with Gasteiger partial charge in [-0.2, -0.15) is 0 Å². The summed E-state index contributed by atoms with van der Waals surface area (Å²) in [5, 5.41) is 0. The van der Waals surface area contributed by atoms with Crippen molar-refractivity contribution in [1.29, 1.82) is 0 Å². The molecule has 6 nitrogen and oxygen atoms in total. The lowest BCUT2D eigenvalue weighted by atomic mass is 10.1. The Morgan fingerprint density at radius 1 is 1.19 bits per heavy atom. The summed E-state index contributed by atoms with van der Waals surface area (Å²) in [5.41, 5.74) is 1.36. The molecule has 0 N–H and O–H groups in total. The lowest BCUT2D eigenvalue weighted by Gasteiger charge is -2.32. The second-order valence-electron chi connectivity index (χ2n) is 4.97. The Kier molecular flexibility index (Phi) is 3.44. The van der Waals surface area contributed by atoms with Gasteiger partial charge in [-0.25, -0.2) is 15.0 Å². The van der Waals surface area contributed by atoms with Gasteiger partial charge in [0.25, 0.3) is 0 Å². The van der Waals surface area contributed by atoms with Gasteiger partial charge >= 0.3 is 6.36 Å². The first-order valence-electron chi connectivity index (χ1n) is 6.55. The monoisotopic (exact) mass is 301 g/mol. The van der Waals surface area contributed by atoms with E-state index < -0.39 is 12.5 Å². The maximum atomic E-state index is 12.2. The molecule has 114 valence electrons. The number of imidazole rings is 1. The van der Waals surface area contributed by atoms with Gasteiger partial charge in [0.05, 0.1) is 12.4 Å². The first-order chi connectivity index (χ1) is 9.94. The van der Waals surface area contributed by atoms with Gasteiger partial charge in [0, 0.05) is 20.1 Å². The number of piperidine rings is 1. The van der Waals surface area contributed by atoms with Crippen LogP contribution < -0.4 is 4.90 Å². The second kappa shape index (κ2) is 5.14. The van der Waals surface area contributed by atoms with Gasteiger partial charge < -0.3 is 9.47 Å². The van der Waals surface area contributed by atoms with Crippen LogP contribution in [0.2, 0.25) is 0 Å². The number of ether oxygens (including phenoxy) is 1. The van der Waals surface area contributed by atoms with Crippen LogP contribution in [0.5, 0.6) is 0 Å². The molecule has 21 heavy (non-hydrogen) atoms. The summed E-state index contributed by atoms with van der Waals surface area (Å²) in [6, 6.07) is 0. The van der Waals surface area contributed by atoms with Gasteiger partial charge in [-0.15, -0.1) is 13.2 Å². The first kappa shape index (κ1) is 14.1. The average Bonchev–Trinajstić information content (AvgIpc) is 2.80. The molecule has 0 radical (unpaired) electrons. The van der Waals surface area contributed by atoms with Crippen LogP contribution in [0.15, 0.2) is 12.7 Å². The number of anilines is 1. The van der Waals surface area contributed by atoms with Crippen LogP contribution in [0.4, 0.5) is 19.0 Å². The van der Waals surface area contributed by atoms with E-state index in [1.165, 1.54) is 6.33 Å². The molecular weight excluding hydrogens is 287 g/mol. The Balaban J connectivity index is 1.74. The van der Waals surface area contributed by atoms with Crippen LogP contribution in [-0.4, -0.2) is 45.1 Å². The van der Waals surface area contributed by atoms with E-state index in [0.717, 1.165) is 0 Å². The summed E-state index contributed by atoms with van der Waals surface area (Å²) < 4.78 is 42.5. The number of aryl methyl sites for hydroxylation is 1. The van der Waals surface area contributed by atoms with Crippen LogP contribution in [0.25, 0.3) is 11.2 Å². The van der Waals surface area contributed by atoms with Crippen molar-refractivity contribution in [1.82, 2.24) is 19.5 Å². The number of nitrogens with zero attached hydrogens (tertiary/aromatic N) is 5. The van der Waals surface area contributed by atoms with Gasteiger partial charge in [-0.1, -0.05) is 0 Å². The molecule has 3 heterocycles. The third-order valence-corrected chi connectivity index (χ3v) is 3.52. The minimum Gasteiger partial charge on any atom is -0.354 e. The molecule has 1 aliphatic heterocycles. The van der Waals surface area contributed by atoms with Gasteiger partial charge in [0.15, 0.2) is 17.0 Å². The fraction of sp³-hybridized carbons (Fsp3) is 0.583. The van der Waals surface area contributed by atoms with Crippen molar-refractivity contribution >= 4 is 17.0 Å². The van der Waals surface area contributed by atoms with Crippen molar-refractivity contribution in [2.24, 2.45) is 7.05 Å². The van der Waals surface area contributed by atoms with Crippen LogP contribution >= 0.6 is 0 Å². The summed E-state index contributed by atoms with van der Waals surface area (Å²) in [7, 11) is 1.83. The van der Waals surface area contributed by atoms with E-state index in [0.29, 0.717) is 42.9 Å². The van der Waals surface area contributed by atoms with Crippen LogP contribution in [-0.2, 0) is 11.8 Å². The quantitative estimate of drug-likeness (QED) is 0.847. The summed E-state index contributed by atoms with van der Waals surface area (Å²) in [5.74, 6) is 0.658. The van der Waals surface area contributed by atoms with Crippen molar-refractivity contribution < 1.29 is 17.9 Å². The van der Waals surface area contributed by atoms with E-state index in [1.54, 1.807) is 10.9 Å². The molecule has 1 saturated heterocycles. The molecule has 1 aliphatic rings. The van der Waals surface area contributed by atoms with Crippen molar-refractivity contribution in [3.05, 3.63) is 12.7 Å². The normalized spacial score (nSPS) is 17.6. The van der Waals surface area contributed by atoms with Crippen molar-refractivity contribution in [3.63, 3.8) is 0 Å². The number of aromatic nitrogens is 4. The Morgan fingerprint density at radius 2 is 1.90 bits per heavy atom. The lowest BCUT2D eigenvalue weighted by Crippen LogP contribution is -2.39. The molecule has 3 rings (SSSR count). The summed E-state index contributed by atoms with van der Waals surface area (Å²) in [6.07, 6.45) is -1.67. The highest BCUT2D eigenvalue weighted by molar-refractivity contribution is 5.83. The Hall–Kier alpha value is -1.90.